The molecule has 1 spiro atoms. The molecule has 4 heterocycles. The molecule has 170 valence electrons. The number of hydrogen-bond acceptors (Lipinski definition) is 5. The molecule has 0 aromatic carbocycles. The van der Waals surface area contributed by atoms with Gasteiger partial charge in [-0.15, -0.1) is 0 Å². The Balaban J connectivity index is 1.44. The highest BCUT2D eigenvalue weighted by atomic mass is 35.5. The van der Waals surface area contributed by atoms with Crippen molar-refractivity contribution < 1.29 is 9.32 Å². The lowest BCUT2D eigenvalue weighted by Crippen LogP contribution is -2.42. The van der Waals surface area contributed by atoms with Crippen molar-refractivity contribution in [3.8, 4) is 11.4 Å². The Morgan fingerprint density at radius 2 is 1.97 bits per heavy atom. The number of aromatic nitrogens is 3. The van der Waals surface area contributed by atoms with E-state index in [2.05, 4.69) is 35.9 Å². The summed E-state index contributed by atoms with van der Waals surface area (Å²) in [4.78, 5) is 17.5. The molecule has 31 heavy (non-hydrogen) atoms. The van der Waals surface area contributed by atoms with Gasteiger partial charge >= 0.3 is 0 Å². The van der Waals surface area contributed by atoms with Gasteiger partial charge in [-0.2, -0.15) is 5.10 Å². The predicted octanol–water partition coefficient (Wildman–Crippen LogP) is 4.29. The van der Waals surface area contributed by atoms with Gasteiger partial charge in [0, 0.05) is 31.6 Å². The quantitative estimate of drug-likeness (QED) is 0.684. The average molecular weight is 448 g/mol. The first-order chi connectivity index (χ1) is 14.6. The monoisotopic (exact) mass is 447 g/mol. The van der Waals surface area contributed by atoms with Gasteiger partial charge in [0.2, 0.25) is 5.91 Å². The van der Waals surface area contributed by atoms with Crippen molar-refractivity contribution >= 4 is 17.5 Å². The normalized spacial score (nSPS) is 19.7. The molecule has 0 bridgehead atoms. The van der Waals surface area contributed by atoms with Crippen molar-refractivity contribution in [3.05, 3.63) is 22.5 Å². The van der Waals surface area contributed by atoms with E-state index in [1.807, 2.05) is 24.9 Å². The largest absolute Gasteiger partial charge is 0.361 e. The topological polar surface area (TPSA) is 67.4 Å². The zero-order valence-electron chi connectivity index (χ0n) is 19.4. The van der Waals surface area contributed by atoms with E-state index in [0.29, 0.717) is 34.9 Å². The fraction of sp³-hybridized carbons (Fsp3) is 0.696. The number of hydrogen-bond donors (Lipinski definition) is 0. The molecule has 4 rings (SSSR count). The molecule has 0 radical (unpaired) electrons. The number of piperidine rings is 1. The molecule has 2 aliphatic rings. The summed E-state index contributed by atoms with van der Waals surface area (Å²) in [5, 5.41) is 9.18. The first-order valence-electron chi connectivity index (χ1n) is 11.2. The summed E-state index contributed by atoms with van der Waals surface area (Å²) in [5.41, 5.74) is 2.64. The number of halogens is 1. The molecule has 1 amide bonds. The van der Waals surface area contributed by atoms with E-state index in [9.17, 15) is 4.79 Å². The first kappa shape index (κ1) is 22.3. The highest BCUT2D eigenvalue weighted by Crippen LogP contribution is 2.42. The minimum Gasteiger partial charge on any atom is -0.361 e. The standard InChI is InChI=1S/C23H34ClN5O2/c1-16-12-18(26-31-16)20-17(21(24)27(5)25-20)14-29-15-23(13-19(29)30)7-10-28(11-8-23)9-6-22(2,3)4/h12H,6-11,13-15H2,1-5H3. The molecule has 0 atom stereocenters. The van der Waals surface area contributed by atoms with E-state index in [1.54, 1.807) is 4.68 Å². The fourth-order valence-electron chi connectivity index (χ4n) is 4.77. The molecule has 2 saturated heterocycles. The van der Waals surface area contributed by atoms with E-state index in [-0.39, 0.29) is 11.3 Å². The summed E-state index contributed by atoms with van der Waals surface area (Å²) in [5.74, 6) is 0.933. The first-order valence-corrected chi connectivity index (χ1v) is 11.6. The fourth-order valence-corrected chi connectivity index (χ4v) is 4.95. The number of carbonyl (C=O) groups is 1. The number of rotatable bonds is 5. The number of nitrogens with zero attached hydrogens (tertiary/aromatic N) is 5. The van der Waals surface area contributed by atoms with Crippen LogP contribution in [0.4, 0.5) is 0 Å². The van der Waals surface area contributed by atoms with Gasteiger partial charge in [0.1, 0.15) is 22.3 Å². The SMILES string of the molecule is Cc1cc(-c2nn(C)c(Cl)c2CN2CC3(CCN(CCC(C)(C)C)CC3)CC2=O)no1. The maximum Gasteiger partial charge on any atom is 0.223 e. The Morgan fingerprint density at radius 1 is 1.26 bits per heavy atom. The Hall–Kier alpha value is -1.86. The van der Waals surface area contributed by atoms with Crippen LogP contribution in [0.15, 0.2) is 10.6 Å². The summed E-state index contributed by atoms with van der Waals surface area (Å²) < 4.78 is 6.87. The van der Waals surface area contributed by atoms with Gasteiger partial charge < -0.3 is 14.3 Å². The third kappa shape index (κ3) is 4.82. The molecular formula is C23H34ClN5O2. The lowest BCUT2D eigenvalue weighted by Gasteiger charge is -2.39. The van der Waals surface area contributed by atoms with Crippen molar-refractivity contribution in [3.63, 3.8) is 0 Å². The third-order valence-electron chi connectivity index (χ3n) is 6.79. The van der Waals surface area contributed by atoms with Crippen LogP contribution in [0.5, 0.6) is 0 Å². The van der Waals surface area contributed by atoms with Crippen molar-refractivity contribution in [2.45, 2.75) is 59.9 Å². The summed E-state index contributed by atoms with van der Waals surface area (Å²) in [6.07, 6.45) is 4.00. The molecular weight excluding hydrogens is 414 g/mol. The second kappa shape index (κ2) is 8.24. The van der Waals surface area contributed by atoms with Crippen molar-refractivity contribution in [2.75, 3.05) is 26.2 Å². The van der Waals surface area contributed by atoms with Crippen LogP contribution in [0, 0.1) is 17.8 Å². The molecule has 2 fully saturated rings. The molecule has 0 unspecified atom stereocenters. The van der Waals surface area contributed by atoms with Gasteiger partial charge in [-0.1, -0.05) is 37.5 Å². The second-order valence-electron chi connectivity index (χ2n) is 10.6. The van der Waals surface area contributed by atoms with Gasteiger partial charge in [0.05, 0.1) is 6.54 Å². The van der Waals surface area contributed by atoms with E-state index in [1.165, 1.54) is 6.42 Å². The maximum absolute atomic E-state index is 13.0. The lowest BCUT2D eigenvalue weighted by atomic mass is 9.77. The molecule has 8 heteroatoms. The van der Waals surface area contributed by atoms with E-state index in [0.717, 1.165) is 50.3 Å². The number of carbonyl (C=O) groups excluding carboxylic acids is 1. The zero-order chi connectivity index (χ0) is 22.4. The van der Waals surface area contributed by atoms with Crippen LogP contribution in [0.25, 0.3) is 11.4 Å². The molecule has 0 N–H and O–H groups in total. The minimum atomic E-state index is 0.0919. The summed E-state index contributed by atoms with van der Waals surface area (Å²) >= 11 is 6.56. The van der Waals surface area contributed by atoms with E-state index >= 15 is 0 Å². The van der Waals surface area contributed by atoms with Crippen molar-refractivity contribution in [1.82, 2.24) is 24.7 Å². The van der Waals surface area contributed by atoms with E-state index < -0.39 is 0 Å². The Labute approximate surface area is 189 Å². The molecule has 7 nitrogen and oxygen atoms in total. The van der Waals surface area contributed by atoms with Crippen LogP contribution >= 0.6 is 11.6 Å². The molecule has 0 aliphatic carbocycles. The van der Waals surface area contributed by atoms with Crippen LogP contribution < -0.4 is 0 Å². The Morgan fingerprint density at radius 3 is 2.58 bits per heavy atom. The summed E-state index contributed by atoms with van der Waals surface area (Å²) in [7, 11) is 1.81. The van der Waals surface area contributed by atoms with Crippen LogP contribution in [0.3, 0.4) is 0 Å². The van der Waals surface area contributed by atoms with Gasteiger partial charge in [-0.3, -0.25) is 9.48 Å². The Bertz CT molecular complexity index is 950. The number of amides is 1. The molecule has 0 saturated carbocycles. The van der Waals surface area contributed by atoms with Gasteiger partial charge in [-0.05, 0) is 56.7 Å². The summed E-state index contributed by atoms with van der Waals surface area (Å²) in [6, 6.07) is 1.85. The molecule has 2 aromatic rings. The summed E-state index contributed by atoms with van der Waals surface area (Å²) in [6.45, 7) is 13.3. The zero-order valence-corrected chi connectivity index (χ0v) is 20.1. The van der Waals surface area contributed by atoms with Gasteiger partial charge in [-0.25, -0.2) is 0 Å². The van der Waals surface area contributed by atoms with Crippen LogP contribution in [-0.4, -0.2) is 56.8 Å². The average Bonchev–Trinajstić information content (AvgIpc) is 3.33. The van der Waals surface area contributed by atoms with Gasteiger partial charge in [0.15, 0.2) is 0 Å². The highest BCUT2D eigenvalue weighted by Gasteiger charge is 2.45. The highest BCUT2D eigenvalue weighted by molar-refractivity contribution is 6.30. The third-order valence-corrected chi connectivity index (χ3v) is 7.26. The molecule has 2 aliphatic heterocycles. The van der Waals surface area contributed by atoms with Crippen LogP contribution in [0.1, 0.15) is 57.8 Å². The Kier molecular flexibility index (Phi) is 5.94. The number of likely N-dealkylation sites (tertiary alicyclic amines) is 2. The maximum atomic E-state index is 13.0. The lowest BCUT2D eigenvalue weighted by molar-refractivity contribution is -0.128. The van der Waals surface area contributed by atoms with Crippen molar-refractivity contribution in [1.29, 1.82) is 0 Å². The minimum absolute atomic E-state index is 0.0919. The van der Waals surface area contributed by atoms with Gasteiger partial charge in [0.25, 0.3) is 0 Å². The van der Waals surface area contributed by atoms with Crippen molar-refractivity contribution in [2.24, 2.45) is 17.9 Å². The smallest absolute Gasteiger partial charge is 0.223 e. The predicted molar refractivity (Wildman–Crippen MR) is 121 cm³/mol. The van der Waals surface area contributed by atoms with Crippen LogP contribution in [-0.2, 0) is 18.4 Å². The van der Waals surface area contributed by atoms with E-state index in [4.69, 9.17) is 16.1 Å². The second-order valence-corrected chi connectivity index (χ2v) is 11.0. The molecule has 2 aromatic heterocycles. The van der Waals surface area contributed by atoms with Crippen LogP contribution in [0.2, 0.25) is 5.15 Å². The number of aryl methyl sites for hydroxylation is 2.